The molecular formula is C12H16F3NO. The predicted molar refractivity (Wildman–Crippen MR) is 60.3 cm³/mol. The van der Waals surface area contributed by atoms with E-state index in [0.717, 1.165) is 12.1 Å². The van der Waals surface area contributed by atoms with E-state index in [1.165, 1.54) is 0 Å². The van der Waals surface area contributed by atoms with Crippen molar-refractivity contribution in [3.63, 3.8) is 0 Å². The first-order valence-electron chi connectivity index (χ1n) is 5.53. The molecule has 0 fully saturated rings. The van der Waals surface area contributed by atoms with Crippen molar-refractivity contribution in [2.75, 3.05) is 11.9 Å². The van der Waals surface area contributed by atoms with Crippen molar-refractivity contribution < 1.29 is 18.3 Å². The summed E-state index contributed by atoms with van der Waals surface area (Å²) in [5.74, 6) is -4.00. The third kappa shape index (κ3) is 3.12. The quantitative estimate of drug-likeness (QED) is 0.784. The van der Waals surface area contributed by atoms with Crippen LogP contribution in [0.2, 0.25) is 0 Å². The highest BCUT2D eigenvalue weighted by molar-refractivity contribution is 5.45. The third-order valence-electron chi connectivity index (χ3n) is 2.96. The minimum atomic E-state index is -1.51. The van der Waals surface area contributed by atoms with E-state index in [2.05, 4.69) is 5.32 Å². The molecule has 0 amide bonds. The van der Waals surface area contributed by atoms with Gasteiger partial charge in [-0.2, -0.15) is 0 Å². The van der Waals surface area contributed by atoms with Gasteiger partial charge >= 0.3 is 0 Å². The molecule has 0 unspecified atom stereocenters. The molecule has 0 aliphatic heterocycles. The molecule has 0 bridgehead atoms. The van der Waals surface area contributed by atoms with E-state index in [1.807, 2.05) is 0 Å². The first-order chi connectivity index (χ1) is 7.93. The number of hydrogen-bond donors (Lipinski definition) is 2. The van der Waals surface area contributed by atoms with E-state index in [0.29, 0.717) is 12.8 Å². The molecule has 0 spiro atoms. The van der Waals surface area contributed by atoms with Crippen molar-refractivity contribution in [3.8, 4) is 0 Å². The maximum atomic E-state index is 13.3. The summed E-state index contributed by atoms with van der Waals surface area (Å²) in [4.78, 5) is 0. The van der Waals surface area contributed by atoms with E-state index in [-0.39, 0.29) is 12.2 Å². The van der Waals surface area contributed by atoms with Crippen molar-refractivity contribution in [1.82, 2.24) is 0 Å². The van der Waals surface area contributed by atoms with Crippen molar-refractivity contribution in [2.24, 2.45) is 0 Å². The fourth-order valence-corrected chi connectivity index (χ4v) is 1.42. The van der Waals surface area contributed by atoms with Crippen LogP contribution in [0.3, 0.4) is 0 Å². The Hall–Kier alpha value is -1.23. The van der Waals surface area contributed by atoms with Crippen LogP contribution in [-0.4, -0.2) is 17.3 Å². The molecular weight excluding hydrogens is 231 g/mol. The van der Waals surface area contributed by atoms with Gasteiger partial charge in [0.25, 0.3) is 0 Å². The monoisotopic (exact) mass is 247 g/mol. The normalized spacial score (nSPS) is 11.6. The minimum absolute atomic E-state index is 0.0853. The molecule has 0 radical (unpaired) electrons. The predicted octanol–water partition coefficient (Wildman–Crippen LogP) is 3.07. The topological polar surface area (TPSA) is 32.3 Å². The molecule has 0 aliphatic carbocycles. The van der Waals surface area contributed by atoms with Gasteiger partial charge in [-0.1, -0.05) is 13.8 Å². The molecule has 17 heavy (non-hydrogen) atoms. The Morgan fingerprint density at radius 1 is 1.12 bits per heavy atom. The zero-order valence-electron chi connectivity index (χ0n) is 9.86. The van der Waals surface area contributed by atoms with Gasteiger partial charge in [0.15, 0.2) is 17.5 Å². The summed E-state index contributed by atoms with van der Waals surface area (Å²) in [7, 11) is 0. The van der Waals surface area contributed by atoms with Crippen LogP contribution in [0.5, 0.6) is 0 Å². The highest BCUT2D eigenvalue weighted by atomic mass is 19.2. The van der Waals surface area contributed by atoms with Gasteiger partial charge in [-0.3, -0.25) is 0 Å². The Morgan fingerprint density at radius 3 is 2.24 bits per heavy atom. The molecule has 1 aromatic carbocycles. The van der Waals surface area contributed by atoms with Gasteiger partial charge in [0.05, 0.1) is 11.3 Å². The van der Waals surface area contributed by atoms with Gasteiger partial charge in [0.1, 0.15) is 0 Å². The number of rotatable bonds is 5. The molecule has 2 N–H and O–H groups in total. The van der Waals surface area contributed by atoms with Crippen LogP contribution < -0.4 is 5.32 Å². The summed E-state index contributed by atoms with van der Waals surface area (Å²) in [6.07, 6.45) is 0.976. The lowest BCUT2D eigenvalue weighted by Crippen LogP contribution is -2.35. The van der Waals surface area contributed by atoms with Gasteiger partial charge in [0, 0.05) is 6.54 Å². The van der Waals surface area contributed by atoms with E-state index >= 15 is 0 Å². The summed E-state index contributed by atoms with van der Waals surface area (Å²) >= 11 is 0. The van der Waals surface area contributed by atoms with Gasteiger partial charge < -0.3 is 10.4 Å². The highest BCUT2D eigenvalue weighted by Gasteiger charge is 2.23. The average Bonchev–Trinajstić information content (AvgIpc) is 2.35. The highest BCUT2D eigenvalue weighted by Crippen LogP contribution is 2.21. The molecule has 0 atom stereocenters. The molecule has 0 saturated carbocycles. The van der Waals surface area contributed by atoms with Crippen LogP contribution in [0.25, 0.3) is 0 Å². The maximum Gasteiger partial charge on any atom is 0.196 e. The summed E-state index contributed by atoms with van der Waals surface area (Å²) in [6.45, 7) is 3.68. The van der Waals surface area contributed by atoms with Crippen LogP contribution in [0.4, 0.5) is 18.9 Å². The lowest BCUT2D eigenvalue weighted by atomic mass is 9.97. The Bertz CT molecular complexity index is 392. The number of benzene rings is 1. The van der Waals surface area contributed by atoms with Gasteiger partial charge in [-0.25, -0.2) is 13.2 Å². The molecule has 1 aromatic rings. The summed E-state index contributed by atoms with van der Waals surface area (Å²) in [6, 6.07) is 1.96. The van der Waals surface area contributed by atoms with Crippen molar-refractivity contribution >= 4 is 5.69 Å². The van der Waals surface area contributed by atoms with Crippen LogP contribution in [0.1, 0.15) is 26.7 Å². The SMILES string of the molecule is CCC(O)(CC)CNc1ccc(F)c(F)c1F. The van der Waals surface area contributed by atoms with Crippen LogP contribution in [-0.2, 0) is 0 Å². The van der Waals surface area contributed by atoms with E-state index < -0.39 is 23.1 Å². The van der Waals surface area contributed by atoms with Crippen molar-refractivity contribution in [2.45, 2.75) is 32.3 Å². The molecule has 96 valence electrons. The zero-order chi connectivity index (χ0) is 13.1. The number of aliphatic hydroxyl groups is 1. The second-order valence-corrected chi connectivity index (χ2v) is 4.01. The summed E-state index contributed by atoms with van der Waals surface area (Å²) < 4.78 is 38.9. The molecule has 1 rings (SSSR count). The molecule has 5 heteroatoms. The second kappa shape index (κ2) is 5.40. The maximum absolute atomic E-state index is 13.3. The Morgan fingerprint density at radius 2 is 1.71 bits per heavy atom. The standard InChI is InChI=1S/C12H16F3NO/c1-3-12(17,4-2)7-16-9-6-5-8(13)10(14)11(9)15/h5-6,16-17H,3-4,7H2,1-2H3. The smallest absolute Gasteiger partial charge is 0.196 e. The molecule has 0 aliphatic rings. The van der Waals surface area contributed by atoms with E-state index in [9.17, 15) is 18.3 Å². The first kappa shape index (κ1) is 13.8. The van der Waals surface area contributed by atoms with E-state index in [4.69, 9.17) is 0 Å². The number of hydrogen-bond acceptors (Lipinski definition) is 2. The number of halogens is 3. The van der Waals surface area contributed by atoms with Crippen LogP contribution >= 0.6 is 0 Å². The Balaban J connectivity index is 2.80. The fourth-order valence-electron chi connectivity index (χ4n) is 1.42. The Labute approximate surface area is 98.5 Å². The fraction of sp³-hybridized carbons (Fsp3) is 0.500. The van der Waals surface area contributed by atoms with Gasteiger partial charge in [0.2, 0.25) is 0 Å². The molecule has 0 heterocycles. The number of nitrogens with one attached hydrogen (secondary N) is 1. The Kier molecular flexibility index (Phi) is 4.40. The lowest BCUT2D eigenvalue weighted by molar-refractivity contribution is 0.0456. The average molecular weight is 247 g/mol. The van der Waals surface area contributed by atoms with Crippen LogP contribution in [0, 0.1) is 17.5 Å². The summed E-state index contributed by atoms with van der Waals surface area (Å²) in [5.41, 5.74) is -1.12. The second-order valence-electron chi connectivity index (χ2n) is 4.01. The van der Waals surface area contributed by atoms with Crippen molar-refractivity contribution in [3.05, 3.63) is 29.6 Å². The molecule has 2 nitrogen and oxygen atoms in total. The lowest BCUT2D eigenvalue weighted by Gasteiger charge is -2.26. The van der Waals surface area contributed by atoms with Crippen LogP contribution in [0.15, 0.2) is 12.1 Å². The van der Waals surface area contributed by atoms with Crippen molar-refractivity contribution in [1.29, 1.82) is 0 Å². The minimum Gasteiger partial charge on any atom is -0.388 e. The van der Waals surface area contributed by atoms with Gasteiger partial charge in [-0.05, 0) is 25.0 Å². The summed E-state index contributed by atoms with van der Waals surface area (Å²) in [5, 5.41) is 12.5. The largest absolute Gasteiger partial charge is 0.388 e. The zero-order valence-corrected chi connectivity index (χ0v) is 9.86. The third-order valence-corrected chi connectivity index (χ3v) is 2.96. The first-order valence-corrected chi connectivity index (χ1v) is 5.53. The number of anilines is 1. The van der Waals surface area contributed by atoms with E-state index in [1.54, 1.807) is 13.8 Å². The van der Waals surface area contributed by atoms with Gasteiger partial charge in [-0.15, -0.1) is 0 Å². The molecule has 0 saturated heterocycles. The molecule has 0 aromatic heterocycles.